The van der Waals surface area contributed by atoms with Crippen molar-refractivity contribution in [2.45, 2.75) is 5.88 Å². The van der Waals surface area contributed by atoms with Gasteiger partial charge in [-0.1, -0.05) is 24.3 Å². The number of fused-ring (bicyclic) bond motifs is 1. The van der Waals surface area contributed by atoms with Crippen molar-refractivity contribution in [1.82, 2.24) is 0 Å². The van der Waals surface area contributed by atoms with Crippen LogP contribution < -0.4 is 4.90 Å². The Morgan fingerprint density at radius 2 is 1.37 bits per heavy atom. The van der Waals surface area contributed by atoms with E-state index in [-0.39, 0.29) is 11.8 Å². The second-order valence-corrected chi connectivity index (χ2v) is 4.56. The number of hydrogen-bond donors (Lipinski definition) is 0. The lowest BCUT2D eigenvalue weighted by molar-refractivity contribution is 0.0926. The molecule has 0 saturated heterocycles. The zero-order chi connectivity index (χ0) is 13.4. The first-order valence-electron chi connectivity index (χ1n) is 5.85. The first kappa shape index (κ1) is 11.9. The van der Waals surface area contributed by atoms with E-state index in [1.54, 1.807) is 36.4 Å². The van der Waals surface area contributed by atoms with Crippen molar-refractivity contribution in [1.29, 1.82) is 0 Å². The lowest BCUT2D eigenvalue weighted by Gasteiger charge is -2.13. The van der Waals surface area contributed by atoms with Gasteiger partial charge in [0.2, 0.25) is 0 Å². The van der Waals surface area contributed by atoms with Crippen molar-refractivity contribution in [3.8, 4) is 0 Å². The molecule has 0 fully saturated rings. The van der Waals surface area contributed by atoms with Gasteiger partial charge >= 0.3 is 0 Å². The molecule has 0 bridgehead atoms. The van der Waals surface area contributed by atoms with E-state index in [2.05, 4.69) is 0 Å². The molecule has 0 spiro atoms. The van der Waals surface area contributed by atoms with Gasteiger partial charge < -0.3 is 0 Å². The fraction of sp³-hybridized carbons (Fsp3) is 0.0667. The summed E-state index contributed by atoms with van der Waals surface area (Å²) in [5.41, 5.74) is 2.42. The van der Waals surface area contributed by atoms with Crippen LogP contribution in [0.1, 0.15) is 26.3 Å². The number of carbonyl (C=O) groups excluding carboxylic acids is 2. The minimum atomic E-state index is -0.278. The molecule has 2 aromatic rings. The molecule has 0 aromatic heterocycles. The van der Waals surface area contributed by atoms with Gasteiger partial charge in [-0.15, -0.1) is 11.6 Å². The highest BCUT2D eigenvalue weighted by molar-refractivity contribution is 6.34. The predicted octanol–water partition coefficient (Wildman–Crippen LogP) is 3.23. The standard InChI is InChI=1S/C15H10ClNO2/c16-9-10-5-7-11(8-6-10)17-14(18)12-3-1-2-4-13(12)15(17)19/h1-8H,9H2. The molecule has 2 aromatic carbocycles. The average molecular weight is 272 g/mol. The fourth-order valence-electron chi connectivity index (χ4n) is 2.16. The SMILES string of the molecule is O=C1c2ccccc2C(=O)N1c1ccc(CCl)cc1. The van der Waals surface area contributed by atoms with Crippen LogP contribution in [-0.2, 0) is 5.88 Å². The molecule has 1 aliphatic heterocycles. The number of benzene rings is 2. The van der Waals surface area contributed by atoms with E-state index < -0.39 is 0 Å². The first-order chi connectivity index (χ1) is 9.22. The highest BCUT2D eigenvalue weighted by Gasteiger charge is 2.36. The molecule has 0 N–H and O–H groups in total. The normalized spacial score (nSPS) is 13.8. The number of halogens is 1. The number of rotatable bonds is 2. The minimum absolute atomic E-state index is 0.278. The Morgan fingerprint density at radius 3 is 1.84 bits per heavy atom. The molecule has 94 valence electrons. The summed E-state index contributed by atoms with van der Waals surface area (Å²) in [5.74, 6) is -0.152. The van der Waals surface area contributed by atoms with E-state index in [0.717, 1.165) is 5.56 Å². The van der Waals surface area contributed by atoms with Crippen molar-refractivity contribution in [2.75, 3.05) is 4.90 Å². The molecule has 0 radical (unpaired) electrons. The summed E-state index contributed by atoms with van der Waals surface area (Å²) in [7, 11) is 0. The van der Waals surface area contributed by atoms with Gasteiger partial charge in [0.1, 0.15) is 0 Å². The van der Waals surface area contributed by atoms with Crippen LogP contribution in [0, 0.1) is 0 Å². The van der Waals surface area contributed by atoms with Crippen LogP contribution in [0.5, 0.6) is 0 Å². The quantitative estimate of drug-likeness (QED) is 0.621. The molecule has 2 amide bonds. The molecule has 1 heterocycles. The van der Waals surface area contributed by atoms with Crippen molar-refractivity contribution in [2.24, 2.45) is 0 Å². The van der Waals surface area contributed by atoms with E-state index in [4.69, 9.17) is 11.6 Å². The average Bonchev–Trinajstić information content (AvgIpc) is 2.72. The number of imide groups is 1. The van der Waals surface area contributed by atoms with Gasteiger partial charge in [0.05, 0.1) is 16.8 Å². The van der Waals surface area contributed by atoms with Crippen molar-refractivity contribution < 1.29 is 9.59 Å². The molecular weight excluding hydrogens is 262 g/mol. The Labute approximate surface area is 115 Å². The largest absolute Gasteiger partial charge is 0.268 e. The molecule has 0 unspecified atom stereocenters. The topological polar surface area (TPSA) is 37.4 Å². The van der Waals surface area contributed by atoms with Crippen LogP contribution in [0.25, 0.3) is 0 Å². The Kier molecular flexibility index (Phi) is 2.84. The van der Waals surface area contributed by atoms with Crippen LogP contribution in [0.2, 0.25) is 0 Å². The predicted molar refractivity (Wildman–Crippen MR) is 73.6 cm³/mol. The summed E-state index contributed by atoms with van der Waals surface area (Å²) in [5, 5.41) is 0. The maximum Gasteiger partial charge on any atom is 0.266 e. The van der Waals surface area contributed by atoms with Gasteiger partial charge in [-0.2, -0.15) is 0 Å². The second kappa shape index (κ2) is 4.52. The van der Waals surface area contributed by atoms with E-state index >= 15 is 0 Å². The molecule has 0 atom stereocenters. The summed E-state index contributed by atoms with van der Waals surface area (Å²) >= 11 is 5.72. The maximum atomic E-state index is 12.2. The number of anilines is 1. The van der Waals surface area contributed by atoms with Crippen molar-refractivity contribution in [3.63, 3.8) is 0 Å². The molecule has 19 heavy (non-hydrogen) atoms. The number of carbonyl (C=O) groups is 2. The number of alkyl halides is 1. The monoisotopic (exact) mass is 271 g/mol. The van der Waals surface area contributed by atoms with Crippen LogP contribution in [-0.4, -0.2) is 11.8 Å². The molecule has 0 saturated carbocycles. The number of nitrogens with zero attached hydrogens (tertiary/aromatic N) is 1. The van der Waals surface area contributed by atoms with E-state index in [1.807, 2.05) is 12.1 Å². The highest BCUT2D eigenvalue weighted by Crippen LogP contribution is 2.28. The van der Waals surface area contributed by atoms with Crippen LogP contribution in [0.4, 0.5) is 5.69 Å². The fourth-order valence-corrected chi connectivity index (χ4v) is 2.34. The molecular formula is C15H10ClNO2. The van der Waals surface area contributed by atoms with Crippen molar-refractivity contribution in [3.05, 3.63) is 65.2 Å². The van der Waals surface area contributed by atoms with Gasteiger partial charge in [0.25, 0.3) is 11.8 Å². The number of hydrogen-bond acceptors (Lipinski definition) is 2. The van der Waals surface area contributed by atoms with Crippen molar-refractivity contribution >= 4 is 29.1 Å². The number of amides is 2. The molecule has 0 aliphatic carbocycles. The van der Waals surface area contributed by atoms with E-state index in [1.165, 1.54) is 4.90 Å². The van der Waals surface area contributed by atoms with Gasteiger partial charge in [-0.05, 0) is 29.8 Å². The summed E-state index contributed by atoms with van der Waals surface area (Å²) in [6.07, 6.45) is 0. The molecule has 1 aliphatic rings. The Bertz CT molecular complexity index is 629. The Balaban J connectivity index is 2.03. The zero-order valence-corrected chi connectivity index (χ0v) is 10.7. The summed E-state index contributed by atoms with van der Waals surface area (Å²) in [6, 6.07) is 13.9. The van der Waals surface area contributed by atoms with Crippen LogP contribution >= 0.6 is 11.6 Å². The third-order valence-corrected chi connectivity index (χ3v) is 3.45. The smallest absolute Gasteiger partial charge is 0.266 e. The molecule has 3 rings (SSSR count). The Hall–Kier alpha value is -2.13. The van der Waals surface area contributed by atoms with Crippen LogP contribution in [0.15, 0.2) is 48.5 Å². The van der Waals surface area contributed by atoms with Gasteiger partial charge in [-0.3, -0.25) is 9.59 Å². The maximum absolute atomic E-state index is 12.2. The van der Waals surface area contributed by atoms with Crippen LogP contribution in [0.3, 0.4) is 0 Å². The second-order valence-electron chi connectivity index (χ2n) is 4.29. The van der Waals surface area contributed by atoms with E-state index in [9.17, 15) is 9.59 Å². The Morgan fingerprint density at radius 1 is 0.842 bits per heavy atom. The van der Waals surface area contributed by atoms with E-state index in [0.29, 0.717) is 22.7 Å². The first-order valence-corrected chi connectivity index (χ1v) is 6.38. The summed E-state index contributed by atoms with van der Waals surface area (Å²) < 4.78 is 0. The third kappa shape index (κ3) is 1.83. The zero-order valence-electron chi connectivity index (χ0n) is 9.97. The minimum Gasteiger partial charge on any atom is -0.268 e. The highest BCUT2D eigenvalue weighted by atomic mass is 35.5. The third-order valence-electron chi connectivity index (χ3n) is 3.14. The molecule has 4 heteroatoms. The lowest BCUT2D eigenvalue weighted by Crippen LogP contribution is -2.29. The van der Waals surface area contributed by atoms with Gasteiger partial charge in [-0.25, -0.2) is 4.90 Å². The van der Waals surface area contributed by atoms with Gasteiger partial charge in [0.15, 0.2) is 0 Å². The molecule has 3 nitrogen and oxygen atoms in total. The van der Waals surface area contributed by atoms with Gasteiger partial charge in [0, 0.05) is 5.88 Å². The lowest BCUT2D eigenvalue weighted by atomic mass is 10.1. The summed E-state index contributed by atoms with van der Waals surface area (Å²) in [4.78, 5) is 25.7. The summed E-state index contributed by atoms with van der Waals surface area (Å²) in [6.45, 7) is 0.